The van der Waals surface area contributed by atoms with Gasteiger partial charge in [-0.25, -0.2) is 4.79 Å². The van der Waals surface area contributed by atoms with Gasteiger partial charge in [0.1, 0.15) is 5.60 Å². The molecule has 1 saturated heterocycles. The first-order valence-electron chi connectivity index (χ1n) is 8.71. The number of fused-ring (bicyclic) bond motifs is 2. The van der Waals surface area contributed by atoms with Crippen LogP contribution in [0.25, 0.3) is 5.57 Å². The Morgan fingerprint density at radius 2 is 2.08 bits per heavy atom. The van der Waals surface area contributed by atoms with E-state index in [4.69, 9.17) is 4.74 Å². The topological polar surface area (TPSA) is 72.7 Å². The van der Waals surface area contributed by atoms with Gasteiger partial charge in [-0.15, -0.1) is 0 Å². The van der Waals surface area contributed by atoms with E-state index in [0.29, 0.717) is 6.42 Å². The molecule has 2 heterocycles. The summed E-state index contributed by atoms with van der Waals surface area (Å²) in [6.07, 6.45) is 5.43. The van der Waals surface area contributed by atoms with Crippen LogP contribution >= 0.6 is 0 Å². The Morgan fingerprint density at radius 1 is 1.32 bits per heavy atom. The van der Waals surface area contributed by atoms with Gasteiger partial charge >= 0.3 is 6.09 Å². The highest BCUT2D eigenvalue weighted by Crippen LogP contribution is 2.38. The second-order valence-electron chi connectivity index (χ2n) is 7.74. The quantitative estimate of drug-likeness (QED) is 0.583. The van der Waals surface area contributed by atoms with Gasteiger partial charge in [0.15, 0.2) is 0 Å². The van der Waals surface area contributed by atoms with E-state index < -0.39 is 5.60 Å². The Morgan fingerprint density at radius 3 is 2.72 bits per heavy atom. The summed E-state index contributed by atoms with van der Waals surface area (Å²) in [4.78, 5) is 25.1. The van der Waals surface area contributed by atoms with Crippen molar-refractivity contribution in [3.63, 3.8) is 0 Å². The number of rotatable bonds is 2. The Hall–Kier alpha value is -2.37. The van der Waals surface area contributed by atoms with E-state index >= 15 is 0 Å². The maximum atomic E-state index is 12.6. The molecular formula is C19H24N2O4. The molecule has 0 aromatic heterocycles. The van der Waals surface area contributed by atoms with Crippen molar-refractivity contribution in [2.45, 2.75) is 64.1 Å². The summed E-state index contributed by atoms with van der Waals surface area (Å²) in [5.41, 5.74) is 1.53. The number of piperidine rings is 1. The summed E-state index contributed by atoms with van der Waals surface area (Å²) in [5, 5.41) is 11.0. The summed E-state index contributed by atoms with van der Waals surface area (Å²) >= 11 is 0. The Balaban J connectivity index is 1.87. The van der Waals surface area contributed by atoms with Gasteiger partial charge in [-0.1, -0.05) is 18.2 Å². The first-order valence-corrected chi connectivity index (χ1v) is 8.71. The largest absolute Gasteiger partial charge is 0.444 e. The van der Waals surface area contributed by atoms with Gasteiger partial charge in [-0.05, 0) is 57.6 Å². The normalized spacial score (nSPS) is 23.0. The van der Waals surface area contributed by atoms with Gasteiger partial charge in [0, 0.05) is 18.2 Å². The van der Waals surface area contributed by atoms with Gasteiger partial charge < -0.3 is 4.74 Å². The molecule has 3 rings (SSSR count). The molecule has 0 N–H and O–H groups in total. The van der Waals surface area contributed by atoms with E-state index in [1.165, 1.54) is 6.07 Å². The van der Waals surface area contributed by atoms with Crippen molar-refractivity contribution in [2.24, 2.45) is 0 Å². The molecule has 2 bridgehead atoms. The van der Waals surface area contributed by atoms with Crippen molar-refractivity contribution >= 4 is 17.4 Å². The zero-order valence-electron chi connectivity index (χ0n) is 14.9. The molecule has 1 amide bonds. The molecule has 0 spiro atoms. The number of hydrogen-bond acceptors (Lipinski definition) is 4. The molecule has 1 fully saturated rings. The molecule has 134 valence electrons. The second kappa shape index (κ2) is 6.50. The number of non-ortho nitro benzene ring substituents is 1. The fourth-order valence-electron chi connectivity index (χ4n) is 3.66. The van der Waals surface area contributed by atoms with Crippen molar-refractivity contribution in [3.8, 4) is 0 Å². The Bertz CT molecular complexity index is 720. The van der Waals surface area contributed by atoms with Crippen molar-refractivity contribution in [1.82, 2.24) is 4.90 Å². The van der Waals surface area contributed by atoms with E-state index in [-0.39, 0.29) is 28.8 Å². The van der Waals surface area contributed by atoms with Crippen molar-refractivity contribution in [2.75, 3.05) is 0 Å². The number of carbonyl (C=O) groups is 1. The predicted molar refractivity (Wildman–Crippen MR) is 95.2 cm³/mol. The van der Waals surface area contributed by atoms with Gasteiger partial charge in [0.2, 0.25) is 0 Å². The van der Waals surface area contributed by atoms with Gasteiger partial charge in [0.25, 0.3) is 5.69 Å². The minimum atomic E-state index is -0.518. The number of hydrogen-bond donors (Lipinski definition) is 0. The van der Waals surface area contributed by atoms with Crippen LogP contribution in [0.5, 0.6) is 0 Å². The van der Waals surface area contributed by atoms with E-state index in [1.807, 2.05) is 31.7 Å². The maximum absolute atomic E-state index is 12.6. The van der Waals surface area contributed by atoms with Crippen molar-refractivity contribution < 1.29 is 14.5 Å². The van der Waals surface area contributed by atoms with Crippen LogP contribution in [0.1, 0.15) is 52.0 Å². The molecule has 0 aliphatic carbocycles. The highest BCUT2D eigenvalue weighted by molar-refractivity contribution is 5.75. The zero-order valence-corrected chi connectivity index (χ0v) is 14.9. The third kappa shape index (κ3) is 3.83. The van der Waals surface area contributed by atoms with Crippen molar-refractivity contribution in [3.05, 3.63) is 46.0 Å². The van der Waals surface area contributed by atoms with Crippen molar-refractivity contribution in [1.29, 1.82) is 0 Å². The lowest BCUT2D eigenvalue weighted by Gasteiger charge is -2.45. The molecule has 2 atom stereocenters. The zero-order chi connectivity index (χ0) is 18.2. The first kappa shape index (κ1) is 17.5. The van der Waals surface area contributed by atoms with E-state index in [2.05, 4.69) is 6.08 Å². The van der Waals surface area contributed by atoms with Crippen LogP contribution in [0.2, 0.25) is 0 Å². The number of ether oxygens (including phenoxy) is 1. The highest BCUT2D eigenvalue weighted by atomic mass is 16.6. The van der Waals surface area contributed by atoms with Gasteiger partial charge in [-0.2, -0.15) is 0 Å². The molecule has 1 aromatic rings. The highest BCUT2D eigenvalue weighted by Gasteiger charge is 2.39. The fourth-order valence-corrected chi connectivity index (χ4v) is 3.66. The molecule has 0 radical (unpaired) electrons. The number of benzene rings is 1. The number of nitro groups is 1. The van der Waals surface area contributed by atoms with E-state index in [0.717, 1.165) is 30.4 Å². The summed E-state index contributed by atoms with van der Waals surface area (Å²) < 4.78 is 5.57. The van der Waals surface area contributed by atoms with E-state index in [1.54, 1.807) is 12.1 Å². The van der Waals surface area contributed by atoms with Crippen LogP contribution in [0.4, 0.5) is 10.5 Å². The number of nitro benzene ring substituents is 1. The molecule has 1 aromatic carbocycles. The Labute approximate surface area is 147 Å². The molecule has 2 unspecified atom stereocenters. The fraction of sp³-hybridized carbons (Fsp3) is 0.526. The molecule has 2 aliphatic heterocycles. The lowest BCUT2D eigenvalue weighted by molar-refractivity contribution is -0.384. The second-order valence-corrected chi connectivity index (χ2v) is 7.74. The van der Waals surface area contributed by atoms with Crippen LogP contribution in [0.15, 0.2) is 30.3 Å². The predicted octanol–water partition coefficient (Wildman–Crippen LogP) is 4.54. The van der Waals surface area contributed by atoms with Gasteiger partial charge in [0.05, 0.1) is 11.0 Å². The minimum Gasteiger partial charge on any atom is -0.444 e. The lowest BCUT2D eigenvalue weighted by atomic mass is 9.83. The average Bonchev–Trinajstić information content (AvgIpc) is 2.52. The molecule has 6 heteroatoms. The third-order valence-electron chi connectivity index (χ3n) is 4.67. The maximum Gasteiger partial charge on any atom is 0.411 e. The third-order valence-corrected chi connectivity index (χ3v) is 4.67. The molecular weight excluding hydrogens is 320 g/mol. The van der Waals surface area contributed by atoms with Crippen LogP contribution in [0.3, 0.4) is 0 Å². The number of nitrogens with zero attached hydrogens (tertiary/aromatic N) is 2. The molecule has 2 aliphatic rings. The lowest BCUT2D eigenvalue weighted by Crippen LogP contribution is -2.53. The Kier molecular flexibility index (Phi) is 4.54. The number of amides is 1. The smallest absolute Gasteiger partial charge is 0.411 e. The SMILES string of the molecule is CC(C)(C)OC(=O)N1C2C=C(c3cccc([N+](=O)[O-])c3)CC1CCC2. The van der Waals surface area contributed by atoms with Crippen LogP contribution in [0, 0.1) is 10.1 Å². The minimum absolute atomic E-state index is 0.00314. The summed E-state index contributed by atoms with van der Waals surface area (Å²) in [5.74, 6) is 0. The first-order chi connectivity index (χ1) is 11.7. The van der Waals surface area contributed by atoms with Crippen LogP contribution in [-0.4, -0.2) is 33.6 Å². The van der Waals surface area contributed by atoms with E-state index in [9.17, 15) is 14.9 Å². The van der Waals surface area contributed by atoms with Gasteiger partial charge in [-0.3, -0.25) is 15.0 Å². The summed E-state index contributed by atoms with van der Waals surface area (Å²) in [7, 11) is 0. The number of carbonyl (C=O) groups excluding carboxylic acids is 1. The standard InChI is InChI=1S/C19H24N2O4/c1-19(2,3)25-18(22)20-15-7-5-8-16(20)12-14(11-15)13-6-4-9-17(10-13)21(23)24/h4,6,9-11,15-16H,5,7-8,12H2,1-3H3. The summed E-state index contributed by atoms with van der Waals surface area (Å²) in [6, 6.07) is 6.82. The van der Waals surface area contributed by atoms with Crippen LogP contribution in [-0.2, 0) is 4.74 Å². The van der Waals surface area contributed by atoms with Crippen LogP contribution < -0.4 is 0 Å². The monoisotopic (exact) mass is 344 g/mol. The molecule has 0 saturated carbocycles. The molecule has 6 nitrogen and oxygen atoms in total. The summed E-state index contributed by atoms with van der Waals surface area (Å²) in [6.45, 7) is 5.61. The average molecular weight is 344 g/mol. The molecule has 25 heavy (non-hydrogen) atoms.